The number of fused-ring (bicyclic) bond motifs is 1. The molecule has 254 valence electrons. The summed E-state index contributed by atoms with van der Waals surface area (Å²) < 4.78 is 28.7. The number of ether oxygens (including phenoxy) is 5. The van der Waals surface area contributed by atoms with Crippen molar-refractivity contribution >= 4 is 29.8 Å². The minimum atomic E-state index is -1.01. The number of ketones is 2. The van der Waals surface area contributed by atoms with Crippen LogP contribution in [0.4, 0.5) is 4.79 Å². The van der Waals surface area contributed by atoms with E-state index in [4.69, 9.17) is 23.7 Å². The Hall–Kier alpha value is -4.89. The number of alkyl carbamates (subject to hydrolysis) is 1. The zero-order valence-corrected chi connectivity index (χ0v) is 28.9. The highest BCUT2D eigenvalue weighted by molar-refractivity contribution is 6.09. The second-order valence-electron chi connectivity index (χ2n) is 13.1. The molecule has 3 aromatic rings. The Morgan fingerprint density at radius 1 is 0.958 bits per heavy atom. The van der Waals surface area contributed by atoms with Gasteiger partial charge >= 0.3 is 6.09 Å². The highest BCUT2D eigenvalue weighted by Crippen LogP contribution is 2.40. The van der Waals surface area contributed by atoms with Gasteiger partial charge in [-0.1, -0.05) is 42.5 Å². The maximum absolute atomic E-state index is 13.8. The third-order valence-corrected chi connectivity index (χ3v) is 7.60. The number of nitrogens with one attached hydrogen (secondary N) is 1. The molecule has 0 spiro atoms. The highest BCUT2D eigenvalue weighted by atomic mass is 16.6. The van der Waals surface area contributed by atoms with Gasteiger partial charge in [0, 0.05) is 12.0 Å². The number of allylic oxidation sites excluding steroid dienone is 1. The number of methoxy groups -OCH3 is 2. The number of hydrogen-bond acceptors (Lipinski definition) is 8. The number of rotatable bonds is 13. The van der Waals surface area contributed by atoms with E-state index in [1.165, 1.54) is 13.2 Å². The van der Waals surface area contributed by atoms with Crippen LogP contribution in [-0.4, -0.2) is 55.2 Å². The Balaban J connectivity index is 1.56. The first kappa shape index (κ1) is 36.0. The van der Waals surface area contributed by atoms with Crippen molar-refractivity contribution in [3.63, 3.8) is 0 Å². The van der Waals surface area contributed by atoms with Crippen molar-refractivity contribution in [1.29, 1.82) is 0 Å². The first-order valence-electron chi connectivity index (χ1n) is 15.9. The second-order valence-corrected chi connectivity index (χ2v) is 13.1. The molecule has 0 aromatic heterocycles. The molecule has 1 aliphatic rings. The van der Waals surface area contributed by atoms with E-state index in [1.807, 2.05) is 56.3 Å². The molecule has 0 fully saturated rings. The van der Waals surface area contributed by atoms with Gasteiger partial charge in [-0.05, 0) is 95.2 Å². The maximum Gasteiger partial charge on any atom is 0.408 e. The molecular formula is C39H45NO8. The van der Waals surface area contributed by atoms with Crippen molar-refractivity contribution in [3.05, 3.63) is 101 Å². The van der Waals surface area contributed by atoms with Crippen LogP contribution < -0.4 is 19.5 Å². The van der Waals surface area contributed by atoms with Gasteiger partial charge in [0.25, 0.3) is 0 Å². The van der Waals surface area contributed by atoms with Crippen LogP contribution in [0.1, 0.15) is 74.2 Å². The van der Waals surface area contributed by atoms with Crippen LogP contribution in [0.15, 0.2) is 72.8 Å². The number of hydrogen-bond donors (Lipinski definition) is 1. The van der Waals surface area contributed by atoms with Crippen molar-refractivity contribution in [2.75, 3.05) is 14.2 Å². The summed E-state index contributed by atoms with van der Waals surface area (Å²) in [5, 5.41) is 2.72. The molecule has 2 atom stereocenters. The monoisotopic (exact) mass is 655 g/mol. The topological polar surface area (TPSA) is 109 Å². The lowest BCUT2D eigenvalue weighted by molar-refractivity contribution is -0.124. The van der Waals surface area contributed by atoms with E-state index in [0.29, 0.717) is 39.5 Å². The largest absolute Gasteiger partial charge is 0.496 e. The SMILES string of the molecule is COc1ccc(/C=C/C(=O)c2ccc(OC)c3c2OC(C)(C)C=C3)cc1CC(=O)C(NC(=O)OC(C)(C)C)C(C)OCc1ccccc1. The number of amides is 1. The molecule has 0 saturated carbocycles. The van der Waals surface area contributed by atoms with E-state index in [0.717, 1.165) is 5.56 Å². The number of Topliss-reactive ketones (excluding diaryl/α,β-unsaturated/α-hetero) is 1. The van der Waals surface area contributed by atoms with Gasteiger partial charge in [0.1, 0.15) is 34.5 Å². The van der Waals surface area contributed by atoms with E-state index in [-0.39, 0.29) is 24.6 Å². The molecule has 9 heteroatoms. The first-order valence-corrected chi connectivity index (χ1v) is 15.9. The standard InChI is InChI=1S/C39H45NO8/c1-25(46-24-27-12-10-9-11-13-27)35(40-37(43)48-38(2,3)4)32(42)23-28-22-26(15-18-33(28)44-7)14-17-31(41)29-16-19-34(45-8)30-20-21-39(5,6)47-36(29)30/h9-22,25,35H,23-24H2,1-8H3,(H,40,43)/b17-14+. The van der Waals surface area contributed by atoms with Crippen LogP contribution in [0.25, 0.3) is 12.2 Å². The zero-order chi connectivity index (χ0) is 35.1. The van der Waals surface area contributed by atoms with E-state index < -0.39 is 29.4 Å². The predicted octanol–water partition coefficient (Wildman–Crippen LogP) is 7.39. The average molecular weight is 656 g/mol. The Morgan fingerprint density at radius 2 is 1.65 bits per heavy atom. The highest BCUT2D eigenvalue weighted by Gasteiger charge is 2.31. The van der Waals surface area contributed by atoms with Gasteiger partial charge in [-0.25, -0.2) is 4.79 Å². The third kappa shape index (κ3) is 9.58. The summed E-state index contributed by atoms with van der Waals surface area (Å²) in [4.78, 5) is 40.1. The average Bonchev–Trinajstić information content (AvgIpc) is 3.03. The lowest BCUT2D eigenvalue weighted by Gasteiger charge is -2.29. The molecule has 1 aliphatic heterocycles. The molecule has 4 rings (SSSR count). The second kappa shape index (κ2) is 15.3. The van der Waals surface area contributed by atoms with Crippen LogP contribution in [-0.2, 0) is 27.3 Å². The lowest BCUT2D eigenvalue weighted by Crippen LogP contribution is -2.50. The lowest BCUT2D eigenvalue weighted by atomic mass is 9.96. The van der Waals surface area contributed by atoms with E-state index in [9.17, 15) is 14.4 Å². The molecule has 0 bridgehead atoms. The van der Waals surface area contributed by atoms with Crippen molar-refractivity contribution in [1.82, 2.24) is 5.32 Å². The van der Waals surface area contributed by atoms with Crippen molar-refractivity contribution in [3.8, 4) is 17.2 Å². The van der Waals surface area contributed by atoms with Gasteiger partial charge in [0.15, 0.2) is 11.6 Å². The fourth-order valence-electron chi connectivity index (χ4n) is 5.19. The van der Waals surface area contributed by atoms with Gasteiger partial charge < -0.3 is 29.0 Å². The van der Waals surface area contributed by atoms with Crippen molar-refractivity contribution < 1.29 is 38.1 Å². The summed E-state index contributed by atoms with van der Waals surface area (Å²) in [6, 6.07) is 17.3. The van der Waals surface area contributed by atoms with Crippen molar-refractivity contribution in [2.45, 2.75) is 77.9 Å². The van der Waals surface area contributed by atoms with Gasteiger partial charge in [-0.3, -0.25) is 9.59 Å². The molecule has 1 heterocycles. The smallest absolute Gasteiger partial charge is 0.408 e. The van der Waals surface area contributed by atoms with Crippen LogP contribution in [0.2, 0.25) is 0 Å². The maximum atomic E-state index is 13.8. The molecule has 0 saturated heterocycles. The Kier molecular flexibility index (Phi) is 11.5. The quantitative estimate of drug-likeness (QED) is 0.150. The van der Waals surface area contributed by atoms with Gasteiger partial charge in [0.05, 0.1) is 38.1 Å². The normalized spacial score (nSPS) is 14.8. The Labute approximate surface area is 282 Å². The summed E-state index contributed by atoms with van der Waals surface area (Å²) in [5.41, 5.74) is 1.97. The number of benzene rings is 3. The minimum absolute atomic E-state index is 0.0699. The Morgan fingerprint density at radius 3 is 2.31 bits per heavy atom. The van der Waals surface area contributed by atoms with Gasteiger partial charge in [-0.2, -0.15) is 0 Å². The molecule has 1 amide bonds. The fourth-order valence-corrected chi connectivity index (χ4v) is 5.19. The van der Waals surface area contributed by atoms with Crippen LogP contribution in [0.3, 0.4) is 0 Å². The molecular weight excluding hydrogens is 610 g/mol. The molecule has 0 radical (unpaired) electrons. The number of carbonyl (C=O) groups excluding carboxylic acids is 3. The van der Waals surface area contributed by atoms with Crippen molar-refractivity contribution in [2.24, 2.45) is 0 Å². The third-order valence-electron chi connectivity index (χ3n) is 7.60. The van der Waals surface area contributed by atoms with E-state index >= 15 is 0 Å². The summed E-state index contributed by atoms with van der Waals surface area (Å²) in [7, 11) is 3.10. The van der Waals surface area contributed by atoms with Crippen LogP contribution in [0.5, 0.6) is 17.2 Å². The molecule has 2 unspecified atom stereocenters. The van der Waals surface area contributed by atoms with E-state index in [1.54, 1.807) is 71.2 Å². The summed E-state index contributed by atoms with van der Waals surface area (Å²) in [6.07, 6.45) is 5.51. The van der Waals surface area contributed by atoms with E-state index in [2.05, 4.69) is 5.32 Å². The van der Waals surface area contributed by atoms with Gasteiger partial charge in [0.2, 0.25) is 0 Å². The number of carbonyl (C=O) groups is 3. The predicted molar refractivity (Wildman–Crippen MR) is 186 cm³/mol. The molecule has 48 heavy (non-hydrogen) atoms. The molecule has 3 aromatic carbocycles. The minimum Gasteiger partial charge on any atom is -0.496 e. The van der Waals surface area contributed by atoms with Crippen LogP contribution in [0, 0.1) is 0 Å². The molecule has 1 N–H and O–H groups in total. The first-order chi connectivity index (χ1) is 22.7. The summed E-state index contributed by atoms with van der Waals surface area (Å²) >= 11 is 0. The Bertz CT molecular complexity index is 1680. The molecule has 0 aliphatic carbocycles. The van der Waals surface area contributed by atoms with Crippen LogP contribution >= 0.6 is 0 Å². The summed E-state index contributed by atoms with van der Waals surface area (Å²) in [5.74, 6) is 1.02. The zero-order valence-electron chi connectivity index (χ0n) is 28.9. The van der Waals surface area contributed by atoms with Gasteiger partial charge in [-0.15, -0.1) is 0 Å². The fraction of sp³-hybridized carbons (Fsp3) is 0.359. The molecule has 9 nitrogen and oxygen atoms in total. The summed E-state index contributed by atoms with van der Waals surface area (Å²) in [6.45, 7) is 11.1.